The van der Waals surface area contributed by atoms with Crippen LogP contribution in [0.25, 0.3) is 0 Å². The highest BCUT2D eigenvalue weighted by atomic mass is 19.1. The Bertz CT molecular complexity index is 681. The van der Waals surface area contributed by atoms with E-state index < -0.39 is 0 Å². The molecule has 0 amide bonds. The first kappa shape index (κ1) is 16.4. The third-order valence-corrected chi connectivity index (χ3v) is 4.02. The normalized spacial score (nSPS) is 15.5. The summed E-state index contributed by atoms with van der Waals surface area (Å²) in [5.41, 5.74) is 6.82. The van der Waals surface area contributed by atoms with Crippen molar-refractivity contribution in [1.82, 2.24) is 19.9 Å². The Balaban J connectivity index is 1.60. The number of nitrogens with two attached hydrogens (primary N) is 1. The van der Waals surface area contributed by atoms with E-state index in [0.717, 1.165) is 31.9 Å². The van der Waals surface area contributed by atoms with Crippen LogP contribution < -0.4 is 15.5 Å². The Morgan fingerprint density at radius 1 is 1.04 bits per heavy atom. The van der Waals surface area contributed by atoms with Crippen LogP contribution in [-0.4, -0.2) is 60.1 Å². The molecule has 2 N–H and O–H groups in total. The first-order valence-corrected chi connectivity index (χ1v) is 7.92. The lowest BCUT2D eigenvalue weighted by molar-refractivity contribution is 0.244. The second-order valence-corrected chi connectivity index (χ2v) is 6.04. The molecule has 0 spiro atoms. The van der Waals surface area contributed by atoms with E-state index in [0.29, 0.717) is 18.3 Å². The van der Waals surface area contributed by atoms with Crippen molar-refractivity contribution in [3.05, 3.63) is 35.9 Å². The quantitative estimate of drug-likeness (QED) is 0.895. The molecule has 0 saturated carbocycles. The van der Waals surface area contributed by atoms with Crippen molar-refractivity contribution in [2.75, 3.05) is 55.8 Å². The van der Waals surface area contributed by atoms with Crippen LogP contribution in [0.4, 0.5) is 22.0 Å². The van der Waals surface area contributed by atoms with E-state index in [4.69, 9.17) is 5.73 Å². The molecule has 1 aromatic heterocycles. The minimum atomic E-state index is -0.207. The first-order valence-electron chi connectivity index (χ1n) is 7.92. The lowest BCUT2D eigenvalue weighted by Crippen LogP contribution is -2.46. The topological polar surface area (TPSA) is 74.4 Å². The van der Waals surface area contributed by atoms with Gasteiger partial charge in [-0.1, -0.05) is 0 Å². The van der Waals surface area contributed by atoms with Gasteiger partial charge in [-0.2, -0.15) is 15.0 Å². The van der Waals surface area contributed by atoms with Crippen LogP contribution in [0.15, 0.2) is 24.3 Å². The fraction of sp³-hybridized carbons (Fsp3) is 0.438. The van der Waals surface area contributed by atoms with Gasteiger partial charge < -0.3 is 15.5 Å². The highest BCUT2D eigenvalue weighted by Crippen LogP contribution is 2.17. The van der Waals surface area contributed by atoms with E-state index in [1.165, 1.54) is 12.1 Å². The second-order valence-electron chi connectivity index (χ2n) is 6.04. The molecule has 128 valence electrons. The van der Waals surface area contributed by atoms with Gasteiger partial charge in [-0.05, 0) is 24.3 Å². The highest BCUT2D eigenvalue weighted by Gasteiger charge is 2.19. The van der Waals surface area contributed by atoms with Gasteiger partial charge in [0.15, 0.2) is 0 Å². The van der Waals surface area contributed by atoms with Crippen LogP contribution in [0.1, 0.15) is 5.82 Å². The van der Waals surface area contributed by atoms with Crippen LogP contribution in [0.5, 0.6) is 0 Å². The smallest absolute Gasteiger partial charge is 0.229 e. The fourth-order valence-corrected chi connectivity index (χ4v) is 2.71. The predicted molar refractivity (Wildman–Crippen MR) is 92.5 cm³/mol. The molecule has 0 unspecified atom stereocenters. The molecule has 2 aromatic rings. The number of nitrogens with zero attached hydrogens (tertiary/aromatic N) is 6. The summed E-state index contributed by atoms with van der Waals surface area (Å²) in [6, 6.07) is 6.64. The van der Waals surface area contributed by atoms with E-state index in [9.17, 15) is 4.39 Å². The average Bonchev–Trinajstić information content (AvgIpc) is 2.56. The number of benzene rings is 1. The predicted octanol–water partition coefficient (Wildman–Crippen LogP) is 0.981. The third-order valence-electron chi connectivity index (χ3n) is 4.02. The zero-order chi connectivity index (χ0) is 17.1. The lowest BCUT2D eigenvalue weighted by atomic mass is 10.2. The van der Waals surface area contributed by atoms with E-state index in [1.807, 2.05) is 31.1 Å². The molecular weight excluding hydrogens is 309 g/mol. The lowest BCUT2D eigenvalue weighted by Gasteiger charge is -2.35. The molecule has 2 heterocycles. The average molecular weight is 331 g/mol. The molecule has 1 fully saturated rings. The monoisotopic (exact) mass is 331 g/mol. The van der Waals surface area contributed by atoms with Gasteiger partial charge in [-0.25, -0.2) is 4.39 Å². The van der Waals surface area contributed by atoms with Gasteiger partial charge in [-0.3, -0.25) is 4.90 Å². The molecule has 8 heteroatoms. The third kappa shape index (κ3) is 3.88. The van der Waals surface area contributed by atoms with E-state index in [2.05, 4.69) is 24.8 Å². The number of rotatable bonds is 4. The van der Waals surface area contributed by atoms with Gasteiger partial charge >= 0.3 is 0 Å². The van der Waals surface area contributed by atoms with E-state index in [1.54, 1.807) is 0 Å². The summed E-state index contributed by atoms with van der Waals surface area (Å²) in [4.78, 5) is 19.1. The minimum Gasteiger partial charge on any atom is -0.369 e. The molecule has 1 aliphatic heterocycles. The summed E-state index contributed by atoms with van der Waals surface area (Å²) in [5.74, 6) is 1.29. The Labute approximate surface area is 140 Å². The Morgan fingerprint density at radius 3 is 2.33 bits per heavy atom. The molecule has 3 rings (SSSR count). The number of aromatic nitrogens is 3. The number of halogens is 1. The molecule has 0 atom stereocenters. The summed E-state index contributed by atoms with van der Waals surface area (Å²) in [5, 5.41) is 0. The maximum absolute atomic E-state index is 13.0. The van der Waals surface area contributed by atoms with Crippen LogP contribution in [-0.2, 0) is 6.54 Å². The highest BCUT2D eigenvalue weighted by molar-refractivity contribution is 5.46. The van der Waals surface area contributed by atoms with Gasteiger partial charge in [0.25, 0.3) is 0 Å². The minimum absolute atomic E-state index is 0.207. The molecule has 7 nitrogen and oxygen atoms in total. The maximum atomic E-state index is 13.0. The summed E-state index contributed by atoms with van der Waals surface area (Å²) in [6.45, 7) is 4.19. The maximum Gasteiger partial charge on any atom is 0.229 e. The van der Waals surface area contributed by atoms with Gasteiger partial charge in [0, 0.05) is 46.0 Å². The molecular formula is C16H22FN7. The van der Waals surface area contributed by atoms with Gasteiger partial charge in [-0.15, -0.1) is 0 Å². The van der Waals surface area contributed by atoms with Crippen molar-refractivity contribution in [2.45, 2.75) is 6.54 Å². The van der Waals surface area contributed by atoms with Crippen LogP contribution in [0.3, 0.4) is 0 Å². The Hall–Kier alpha value is -2.48. The standard InChI is InChI=1S/C16H22FN7/c1-22(2)16-20-14(19-15(18)21-16)11-23-7-9-24(10-8-23)13-5-3-12(17)4-6-13/h3-6H,7-11H2,1-2H3,(H2,18,19,20,21). The second kappa shape index (κ2) is 6.96. The number of piperazine rings is 1. The first-order chi connectivity index (χ1) is 11.5. The van der Waals surface area contributed by atoms with Crippen molar-refractivity contribution < 1.29 is 4.39 Å². The summed E-state index contributed by atoms with van der Waals surface area (Å²) in [7, 11) is 3.75. The summed E-state index contributed by atoms with van der Waals surface area (Å²) in [6.07, 6.45) is 0. The zero-order valence-corrected chi connectivity index (χ0v) is 14.0. The Kier molecular flexibility index (Phi) is 4.75. The largest absolute Gasteiger partial charge is 0.369 e. The summed E-state index contributed by atoms with van der Waals surface area (Å²) >= 11 is 0. The van der Waals surface area contributed by atoms with E-state index >= 15 is 0 Å². The van der Waals surface area contributed by atoms with Gasteiger partial charge in [0.2, 0.25) is 11.9 Å². The fourth-order valence-electron chi connectivity index (χ4n) is 2.71. The van der Waals surface area contributed by atoms with Gasteiger partial charge in [0.05, 0.1) is 6.54 Å². The van der Waals surface area contributed by atoms with Crippen molar-refractivity contribution in [2.24, 2.45) is 0 Å². The molecule has 1 saturated heterocycles. The van der Waals surface area contributed by atoms with Crippen molar-refractivity contribution in [3.8, 4) is 0 Å². The van der Waals surface area contributed by atoms with Gasteiger partial charge in [0.1, 0.15) is 11.6 Å². The molecule has 24 heavy (non-hydrogen) atoms. The van der Waals surface area contributed by atoms with Crippen LogP contribution in [0, 0.1) is 5.82 Å². The summed E-state index contributed by atoms with van der Waals surface area (Å²) < 4.78 is 13.0. The molecule has 0 radical (unpaired) electrons. The van der Waals surface area contributed by atoms with E-state index in [-0.39, 0.29) is 11.8 Å². The van der Waals surface area contributed by atoms with Crippen LogP contribution in [0.2, 0.25) is 0 Å². The number of anilines is 3. The number of nitrogen functional groups attached to an aromatic ring is 1. The molecule has 1 aromatic carbocycles. The van der Waals surface area contributed by atoms with Crippen LogP contribution >= 0.6 is 0 Å². The van der Waals surface area contributed by atoms with Crippen molar-refractivity contribution in [3.63, 3.8) is 0 Å². The van der Waals surface area contributed by atoms with Crippen molar-refractivity contribution in [1.29, 1.82) is 0 Å². The molecule has 0 bridgehead atoms. The number of hydrogen-bond donors (Lipinski definition) is 1. The molecule has 0 aliphatic carbocycles. The Morgan fingerprint density at radius 2 is 1.71 bits per heavy atom. The molecule has 1 aliphatic rings. The van der Waals surface area contributed by atoms with Crippen molar-refractivity contribution >= 4 is 17.6 Å². The zero-order valence-electron chi connectivity index (χ0n) is 14.0. The number of hydrogen-bond acceptors (Lipinski definition) is 7. The SMILES string of the molecule is CN(C)c1nc(N)nc(CN2CCN(c3ccc(F)cc3)CC2)n1.